The van der Waals surface area contributed by atoms with E-state index >= 15 is 0 Å². The van der Waals surface area contributed by atoms with Gasteiger partial charge < -0.3 is 4.42 Å². The summed E-state index contributed by atoms with van der Waals surface area (Å²) < 4.78 is 5.64. The molecule has 0 fully saturated rings. The monoisotopic (exact) mass is 324 g/mol. The molecule has 0 aliphatic heterocycles. The van der Waals surface area contributed by atoms with Gasteiger partial charge in [0.15, 0.2) is 0 Å². The van der Waals surface area contributed by atoms with E-state index in [1.54, 1.807) is 0 Å². The standard InChI is InChI=1S/C20H21O2P/c1-4-13-6-8-15(9-7-13)18-12-17-14(5-2)10-16(23-3)11-19(17)22-20(18)21/h6-12,23H,4-5H2,1-3H3. The summed E-state index contributed by atoms with van der Waals surface area (Å²) in [5, 5.41) is 2.28. The predicted octanol–water partition coefficient (Wildman–Crippen LogP) is 4.52. The molecule has 118 valence electrons. The van der Waals surface area contributed by atoms with E-state index in [-0.39, 0.29) is 5.63 Å². The van der Waals surface area contributed by atoms with Crippen LogP contribution in [0.2, 0.25) is 0 Å². The largest absolute Gasteiger partial charge is 0.422 e. The Bertz CT molecular complexity index is 892. The van der Waals surface area contributed by atoms with Crippen molar-refractivity contribution in [3.05, 3.63) is 64.0 Å². The van der Waals surface area contributed by atoms with Crippen LogP contribution in [0.3, 0.4) is 0 Å². The molecule has 2 aromatic carbocycles. The van der Waals surface area contributed by atoms with Crippen LogP contribution in [0, 0.1) is 0 Å². The third kappa shape index (κ3) is 3.09. The fourth-order valence-electron chi connectivity index (χ4n) is 2.85. The lowest BCUT2D eigenvalue weighted by Crippen LogP contribution is -2.06. The number of fused-ring (bicyclic) bond motifs is 1. The van der Waals surface area contributed by atoms with E-state index in [1.165, 1.54) is 16.4 Å². The lowest BCUT2D eigenvalue weighted by molar-refractivity contribution is 0.563. The summed E-state index contributed by atoms with van der Waals surface area (Å²) in [6.07, 6.45) is 1.92. The molecule has 3 rings (SSSR count). The Morgan fingerprint density at radius 1 is 1.00 bits per heavy atom. The van der Waals surface area contributed by atoms with E-state index in [9.17, 15) is 4.79 Å². The molecule has 0 radical (unpaired) electrons. The molecule has 1 atom stereocenters. The fourth-order valence-corrected chi connectivity index (χ4v) is 3.44. The molecule has 0 aliphatic rings. The molecule has 0 amide bonds. The number of rotatable bonds is 4. The van der Waals surface area contributed by atoms with Gasteiger partial charge in [-0.25, -0.2) is 4.79 Å². The van der Waals surface area contributed by atoms with Gasteiger partial charge in [-0.05, 0) is 53.6 Å². The first kappa shape index (κ1) is 16.0. The van der Waals surface area contributed by atoms with Crippen LogP contribution in [-0.4, -0.2) is 6.66 Å². The quantitative estimate of drug-likeness (QED) is 0.522. The minimum Gasteiger partial charge on any atom is -0.422 e. The lowest BCUT2D eigenvalue weighted by Gasteiger charge is -2.09. The van der Waals surface area contributed by atoms with Crippen LogP contribution in [0.25, 0.3) is 22.1 Å². The second-order valence-electron chi connectivity index (χ2n) is 5.65. The van der Waals surface area contributed by atoms with Gasteiger partial charge in [0.25, 0.3) is 0 Å². The number of aryl methyl sites for hydroxylation is 2. The second kappa shape index (κ2) is 6.68. The number of hydrogen-bond acceptors (Lipinski definition) is 2. The fraction of sp³-hybridized carbons (Fsp3) is 0.250. The zero-order valence-corrected chi connectivity index (χ0v) is 14.8. The first-order chi connectivity index (χ1) is 11.2. The third-order valence-corrected chi connectivity index (χ3v) is 5.15. The molecular formula is C20H21O2P. The van der Waals surface area contributed by atoms with E-state index in [4.69, 9.17) is 4.42 Å². The van der Waals surface area contributed by atoms with Crippen molar-refractivity contribution < 1.29 is 4.42 Å². The smallest absolute Gasteiger partial charge is 0.344 e. The molecule has 2 nitrogen and oxygen atoms in total. The summed E-state index contributed by atoms with van der Waals surface area (Å²) in [5.74, 6) is 0. The van der Waals surface area contributed by atoms with Crippen LogP contribution in [0.4, 0.5) is 0 Å². The summed E-state index contributed by atoms with van der Waals surface area (Å²) in [5.41, 5.74) is 4.50. The maximum atomic E-state index is 12.4. The van der Waals surface area contributed by atoms with Crippen molar-refractivity contribution in [2.75, 3.05) is 6.66 Å². The van der Waals surface area contributed by atoms with Gasteiger partial charge in [-0.3, -0.25) is 0 Å². The highest BCUT2D eigenvalue weighted by Crippen LogP contribution is 2.25. The summed E-state index contributed by atoms with van der Waals surface area (Å²) in [6.45, 7) is 6.40. The Hall–Kier alpha value is -1.92. The minimum atomic E-state index is -0.264. The molecule has 0 aliphatic carbocycles. The Kier molecular flexibility index (Phi) is 4.63. The molecule has 1 unspecified atom stereocenters. The topological polar surface area (TPSA) is 30.2 Å². The molecule has 0 spiro atoms. The van der Waals surface area contributed by atoms with Gasteiger partial charge in [-0.1, -0.05) is 52.8 Å². The van der Waals surface area contributed by atoms with Gasteiger partial charge in [0.2, 0.25) is 0 Å². The van der Waals surface area contributed by atoms with Crippen LogP contribution >= 0.6 is 8.58 Å². The van der Waals surface area contributed by atoms with Crippen LogP contribution in [-0.2, 0) is 12.8 Å². The molecule has 0 N–H and O–H groups in total. The van der Waals surface area contributed by atoms with Gasteiger partial charge in [-0.15, -0.1) is 0 Å². The second-order valence-corrected chi connectivity index (χ2v) is 6.73. The molecule has 1 heterocycles. The number of hydrogen-bond donors (Lipinski definition) is 0. The Morgan fingerprint density at radius 3 is 2.35 bits per heavy atom. The van der Waals surface area contributed by atoms with Gasteiger partial charge in [0, 0.05) is 5.39 Å². The summed E-state index contributed by atoms with van der Waals surface area (Å²) in [7, 11) is 0.696. The van der Waals surface area contributed by atoms with Crippen LogP contribution in [0.15, 0.2) is 51.7 Å². The molecule has 3 heteroatoms. The SMILES string of the molecule is CCc1ccc(-c2cc3c(CC)cc(PC)cc3oc2=O)cc1. The minimum absolute atomic E-state index is 0.264. The zero-order valence-electron chi connectivity index (χ0n) is 13.8. The summed E-state index contributed by atoms with van der Waals surface area (Å²) >= 11 is 0. The molecule has 0 bridgehead atoms. The van der Waals surface area contributed by atoms with Crippen LogP contribution in [0.1, 0.15) is 25.0 Å². The van der Waals surface area contributed by atoms with Gasteiger partial charge >= 0.3 is 5.63 Å². The van der Waals surface area contributed by atoms with E-state index in [2.05, 4.69) is 38.7 Å². The van der Waals surface area contributed by atoms with E-state index in [1.807, 2.05) is 24.3 Å². The normalized spacial score (nSPS) is 11.6. The van der Waals surface area contributed by atoms with E-state index < -0.39 is 0 Å². The summed E-state index contributed by atoms with van der Waals surface area (Å²) in [6, 6.07) is 14.4. The highest BCUT2D eigenvalue weighted by atomic mass is 31.1. The van der Waals surface area contributed by atoms with Crippen molar-refractivity contribution in [2.45, 2.75) is 26.7 Å². The Labute approximate surface area is 138 Å². The average Bonchev–Trinajstić information content (AvgIpc) is 2.60. The predicted molar refractivity (Wildman–Crippen MR) is 101 cm³/mol. The van der Waals surface area contributed by atoms with E-state index in [0.29, 0.717) is 19.7 Å². The van der Waals surface area contributed by atoms with E-state index in [0.717, 1.165) is 23.8 Å². The van der Waals surface area contributed by atoms with Crippen LogP contribution < -0.4 is 10.9 Å². The maximum Gasteiger partial charge on any atom is 0.344 e. The lowest BCUT2D eigenvalue weighted by atomic mass is 10.0. The van der Waals surface area contributed by atoms with Gasteiger partial charge in [0.05, 0.1) is 5.56 Å². The van der Waals surface area contributed by atoms with Gasteiger partial charge in [-0.2, -0.15) is 0 Å². The molecule has 1 aromatic heterocycles. The maximum absolute atomic E-state index is 12.4. The van der Waals surface area contributed by atoms with Crippen molar-refractivity contribution in [1.82, 2.24) is 0 Å². The molecule has 0 saturated carbocycles. The first-order valence-electron chi connectivity index (χ1n) is 8.04. The molecule has 0 saturated heterocycles. The number of benzene rings is 2. The van der Waals surface area contributed by atoms with Crippen molar-refractivity contribution in [3.63, 3.8) is 0 Å². The van der Waals surface area contributed by atoms with Crippen molar-refractivity contribution >= 4 is 24.9 Å². The van der Waals surface area contributed by atoms with Crippen molar-refractivity contribution in [2.24, 2.45) is 0 Å². The highest BCUT2D eigenvalue weighted by Gasteiger charge is 2.11. The Morgan fingerprint density at radius 2 is 1.74 bits per heavy atom. The van der Waals surface area contributed by atoms with Crippen molar-refractivity contribution in [1.29, 1.82) is 0 Å². The summed E-state index contributed by atoms with van der Waals surface area (Å²) in [4.78, 5) is 12.4. The first-order valence-corrected chi connectivity index (χ1v) is 9.54. The van der Waals surface area contributed by atoms with Crippen LogP contribution in [0.5, 0.6) is 0 Å². The Balaban J connectivity index is 2.21. The van der Waals surface area contributed by atoms with Crippen molar-refractivity contribution in [3.8, 4) is 11.1 Å². The molecule has 23 heavy (non-hydrogen) atoms. The molecule has 3 aromatic rings. The van der Waals surface area contributed by atoms with Gasteiger partial charge in [0.1, 0.15) is 5.58 Å². The third-order valence-electron chi connectivity index (χ3n) is 4.28. The average molecular weight is 324 g/mol. The zero-order chi connectivity index (χ0) is 16.4. The molecular weight excluding hydrogens is 303 g/mol. The highest BCUT2D eigenvalue weighted by molar-refractivity contribution is 7.46.